The molecule has 0 fully saturated rings. The SMILES string of the molecule is Cc1ccc(C#N)cc1S(=O)(=O)N(CCN)CCc1ccccc1.Cl. The Morgan fingerprint density at radius 3 is 2.40 bits per heavy atom. The summed E-state index contributed by atoms with van der Waals surface area (Å²) in [6, 6.07) is 16.4. The monoisotopic (exact) mass is 379 g/mol. The van der Waals surface area contributed by atoms with E-state index in [4.69, 9.17) is 11.0 Å². The minimum absolute atomic E-state index is 0. The van der Waals surface area contributed by atoms with E-state index in [-0.39, 0.29) is 30.4 Å². The number of nitrogens with two attached hydrogens (primary N) is 1. The first-order valence-corrected chi connectivity index (χ1v) is 9.18. The van der Waals surface area contributed by atoms with Crippen LogP contribution in [0.1, 0.15) is 16.7 Å². The maximum atomic E-state index is 13.0. The van der Waals surface area contributed by atoms with Crippen LogP contribution in [0, 0.1) is 18.3 Å². The highest BCUT2D eigenvalue weighted by Gasteiger charge is 2.25. The van der Waals surface area contributed by atoms with Gasteiger partial charge < -0.3 is 5.73 Å². The van der Waals surface area contributed by atoms with Gasteiger partial charge in [0.2, 0.25) is 10.0 Å². The molecule has 0 atom stereocenters. The molecule has 0 unspecified atom stereocenters. The number of hydrogen-bond donors (Lipinski definition) is 1. The zero-order valence-electron chi connectivity index (χ0n) is 14.1. The molecule has 2 aromatic rings. The summed E-state index contributed by atoms with van der Waals surface area (Å²) in [6.45, 7) is 2.56. The molecule has 0 saturated carbocycles. The fourth-order valence-electron chi connectivity index (χ4n) is 2.48. The number of nitriles is 1. The quantitative estimate of drug-likeness (QED) is 0.800. The number of nitrogens with zero attached hydrogens (tertiary/aromatic N) is 2. The largest absolute Gasteiger partial charge is 0.329 e. The van der Waals surface area contributed by atoms with Crippen molar-refractivity contribution in [3.05, 3.63) is 65.2 Å². The predicted molar refractivity (Wildman–Crippen MR) is 101 cm³/mol. The van der Waals surface area contributed by atoms with Gasteiger partial charge in [0, 0.05) is 19.6 Å². The molecule has 0 radical (unpaired) electrons. The van der Waals surface area contributed by atoms with Crippen molar-refractivity contribution < 1.29 is 8.42 Å². The molecule has 2 aromatic carbocycles. The summed E-state index contributed by atoms with van der Waals surface area (Å²) in [4.78, 5) is 0.170. The molecule has 0 aliphatic heterocycles. The Bertz CT molecular complexity index is 833. The van der Waals surface area contributed by atoms with Crippen LogP contribution < -0.4 is 5.73 Å². The number of halogens is 1. The first kappa shape index (κ1) is 21.1. The molecule has 0 aliphatic rings. The van der Waals surface area contributed by atoms with Crippen molar-refractivity contribution in [3.8, 4) is 6.07 Å². The lowest BCUT2D eigenvalue weighted by molar-refractivity contribution is 0.421. The van der Waals surface area contributed by atoms with E-state index in [1.54, 1.807) is 19.1 Å². The summed E-state index contributed by atoms with van der Waals surface area (Å²) >= 11 is 0. The van der Waals surface area contributed by atoms with Gasteiger partial charge in [-0.2, -0.15) is 9.57 Å². The highest BCUT2D eigenvalue weighted by Crippen LogP contribution is 2.21. The topological polar surface area (TPSA) is 87.2 Å². The van der Waals surface area contributed by atoms with Crippen LogP contribution in [-0.4, -0.2) is 32.4 Å². The maximum Gasteiger partial charge on any atom is 0.243 e. The standard InChI is InChI=1S/C18H21N3O2S.ClH/c1-15-7-8-17(14-20)13-18(15)24(22,23)21(12-10-19)11-9-16-5-3-2-4-6-16;/h2-8,13H,9-12,19H2,1H3;1H. The molecule has 2 rings (SSSR count). The summed E-state index contributed by atoms with van der Waals surface area (Å²) in [7, 11) is -3.69. The molecule has 2 N–H and O–H groups in total. The Hall–Kier alpha value is -1.91. The highest BCUT2D eigenvalue weighted by molar-refractivity contribution is 7.89. The number of benzene rings is 2. The molecule has 0 bridgehead atoms. The van der Waals surface area contributed by atoms with Crippen LogP contribution >= 0.6 is 12.4 Å². The maximum absolute atomic E-state index is 13.0. The molecule has 5 nitrogen and oxygen atoms in total. The van der Waals surface area contributed by atoms with E-state index in [0.29, 0.717) is 24.1 Å². The molecule has 7 heteroatoms. The van der Waals surface area contributed by atoms with Crippen LogP contribution in [0.2, 0.25) is 0 Å². The van der Waals surface area contributed by atoms with Gasteiger partial charge in [0.05, 0.1) is 16.5 Å². The van der Waals surface area contributed by atoms with Gasteiger partial charge in [-0.3, -0.25) is 0 Å². The summed E-state index contributed by atoms with van der Waals surface area (Å²) < 4.78 is 27.4. The van der Waals surface area contributed by atoms with Crippen LogP contribution in [-0.2, 0) is 16.4 Å². The fourth-order valence-corrected chi connectivity index (χ4v) is 4.19. The summed E-state index contributed by atoms with van der Waals surface area (Å²) in [5.74, 6) is 0. The third kappa shape index (κ3) is 5.28. The Morgan fingerprint density at radius 2 is 1.80 bits per heavy atom. The number of rotatable bonds is 7. The predicted octanol–water partition coefficient (Wildman–Crippen LogP) is 2.48. The number of sulfonamides is 1. The molecular formula is C18H22ClN3O2S. The van der Waals surface area contributed by atoms with E-state index in [1.165, 1.54) is 10.4 Å². The van der Waals surface area contributed by atoms with E-state index in [1.807, 2.05) is 36.4 Å². The summed E-state index contributed by atoms with van der Waals surface area (Å²) in [5.41, 5.74) is 7.63. The Balaban J connectivity index is 0.00000312. The normalized spacial score (nSPS) is 11.0. The Kier molecular flexibility index (Phi) is 8.07. The van der Waals surface area contributed by atoms with Crippen molar-refractivity contribution in [3.63, 3.8) is 0 Å². The smallest absolute Gasteiger partial charge is 0.243 e. The highest BCUT2D eigenvalue weighted by atomic mass is 35.5. The van der Waals surface area contributed by atoms with Crippen LogP contribution in [0.3, 0.4) is 0 Å². The van der Waals surface area contributed by atoms with Gasteiger partial charge in [0.15, 0.2) is 0 Å². The van der Waals surface area contributed by atoms with E-state index in [2.05, 4.69) is 0 Å². The molecular weight excluding hydrogens is 358 g/mol. The van der Waals surface area contributed by atoms with E-state index in [0.717, 1.165) is 5.56 Å². The molecule has 134 valence electrons. The van der Waals surface area contributed by atoms with Gasteiger partial charge in [0.25, 0.3) is 0 Å². The van der Waals surface area contributed by atoms with Crippen molar-refractivity contribution in [1.82, 2.24) is 4.31 Å². The van der Waals surface area contributed by atoms with E-state index >= 15 is 0 Å². The molecule has 0 aromatic heterocycles. The number of hydrogen-bond acceptors (Lipinski definition) is 4. The van der Waals surface area contributed by atoms with Crippen LogP contribution in [0.25, 0.3) is 0 Å². The lowest BCUT2D eigenvalue weighted by Gasteiger charge is -2.22. The molecule has 0 aliphatic carbocycles. The second-order valence-corrected chi connectivity index (χ2v) is 7.43. The average molecular weight is 380 g/mol. The minimum atomic E-state index is -3.69. The molecule has 0 spiro atoms. The van der Waals surface area contributed by atoms with Crippen molar-refractivity contribution >= 4 is 22.4 Å². The van der Waals surface area contributed by atoms with Crippen molar-refractivity contribution in [1.29, 1.82) is 5.26 Å². The third-order valence-corrected chi connectivity index (χ3v) is 5.85. The van der Waals surface area contributed by atoms with Crippen molar-refractivity contribution in [2.45, 2.75) is 18.2 Å². The van der Waals surface area contributed by atoms with E-state index < -0.39 is 10.0 Å². The fraction of sp³-hybridized carbons (Fsp3) is 0.278. The van der Waals surface area contributed by atoms with Gasteiger partial charge in [0.1, 0.15) is 0 Å². The second-order valence-electron chi connectivity index (χ2n) is 5.52. The van der Waals surface area contributed by atoms with Gasteiger partial charge in [-0.25, -0.2) is 8.42 Å². The molecule has 0 heterocycles. The molecule has 0 saturated heterocycles. The number of aryl methyl sites for hydroxylation is 1. The van der Waals surface area contributed by atoms with Crippen LogP contribution in [0.5, 0.6) is 0 Å². The molecule has 0 amide bonds. The van der Waals surface area contributed by atoms with Crippen molar-refractivity contribution in [2.75, 3.05) is 19.6 Å². The first-order valence-electron chi connectivity index (χ1n) is 7.74. The minimum Gasteiger partial charge on any atom is -0.329 e. The Morgan fingerprint density at radius 1 is 1.12 bits per heavy atom. The Labute approximate surface area is 155 Å². The van der Waals surface area contributed by atoms with Gasteiger partial charge in [-0.1, -0.05) is 36.4 Å². The third-order valence-electron chi connectivity index (χ3n) is 3.81. The zero-order valence-corrected chi connectivity index (χ0v) is 15.7. The van der Waals surface area contributed by atoms with Gasteiger partial charge >= 0.3 is 0 Å². The first-order chi connectivity index (χ1) is 11.5. The van der Waals surface area contributed by atoms with Crippen molar-refractivity contribution in [2.24, 2.45) is 5.73 Å². The lowest BCUT2D eigenvalue weighted by atomic mass is 10.1. The van der Waals surface area contributed by atoms with Gasteiger partial charge in [-0.05, 0) is 36.6 Å². The average Bonchev–Trinajstić information content (AvgIpc) is 2.59. The lowest BCUT2D eigenvalue weighted by Crippen LogP contribution is -2.37. The molecule has 25 heavy (non-hydrogen) atoms. The summed E-state index contributed by atoms with van der Waals surface area (Å²) in [5, 5.41) is 9.03. The van der Waals surface area contributed by atoms with Gasteiger partial charge in [-0.15, -0.1) is 12.4 Å². The summed E-state index contributed by atoms with van der Waals surface area (Å²) in [6.07, 6.45) is 0.608. The van der Waals surface area contributed by atoms with E-state index in [9.17, 15) is 8.42 Å². The zero-order chi connectivity index (χ0) is 17.6. The second kappa shape index (κ2) is 9.54. The van der Waals surface area contributed by atoms with Crippen LogP contribution in [0.4, 0.5) is 0 Å². The van der Waals surface area contributed by atoms with Crippen LogP contribution in [0.15, 0.2) is 53.4 Å².